The van der Waals surface area contributed by atoms with Crippen LogP contribution in [0.25, 0.3) is 0 Å². The first-order chi connectivity index (χ1) is 14.9. The van der Waals surface area contributed by atoms with Crippen molar-refractivity contribution in [1.29, 1.82) is 0 Å². The number of ketones is 1. The molecule has 2 aromatic rings. The maximum absolute atomic E-state index is 13.4. The average Bonchev–Trinajstić information content (AvgIpc) is 3.26. The van der Waals surface area contributed by atoms with Gasteiger partial charge in [-0.15, -0.1) is 23.2 Å². The Balaban J connectivity index is 1.46. The molecule has 2 unspecified atom stereocenters. The molecule has 1 N–H and O–H groups in total. The first-order valence-electron chi connectivity index (χ1n) is 9.73. The first-order valence-corrected chi connectivity index (χ1v) is 11.2. The van der Waals surface area contributed by atoms with Gasteiger partial charge in [0.05, 0.1) is 16.0 Å². The molecule has 0 saturated heterocycles. The fourth-order valence-electron chi connectivity index (χ4n) is 4.11. The van der Waals surface area contributed by atoms with Crippen LogP contribution in [0.3, 0.4) is 0 Å². The predicted molar refractivity (Wildman–Crippen MR) is 119 cm³/mol. The quantitative estimate of drug-likeness (QED) is 0.319. The summed E-state index contributed by atoms with van der Waals surface area (Å²) in [4.78, 5) is 25.3. The largest absolute Gasteiger partial charge is 0.326 e. The molecule has 2 atom stereocenters. The maximum atomic E-state index is 13.4. The van der Waals surface area contributed by atoms with Crippen LogP contribution >= 0.6 is 46.4 Å². The van der Waals surface area contributed by atoms with Crippen molar-refractivity contribution in [3.05, 3.63) is 63.4 Å². The number of halogens is 7. The van der Waals surface area contributed by atoms with Crippen molar-refractivity contribution in [2.24, 2.45) is 11.8 Å². The summed E-state index contributed by atoms with van der Waals surface area (Å²) >= 11 is 24.5. The van der Waals surface area contributed by atoms with E-state index in [-0.39, 0.29) is 46.3 Å². The highest BCUT2D eigenvalue weighted by molar-refractivity contribution is 6.53. The average molecular weight is 525 g/mol. The Morgan fingerprint density at radius 3 is 2.34 bits per heavy atom. The van der Waals surface area contributed by atoms with E-state index < -0.39 is 39.7 Å². The molecule has 3 nitrogen and oxygen atoms in total. The van der Waals surface area contributed by atoms with Crippen molar-refractivity contribution in [3.8, 4) is 0 Å². The van der Waals surface area contributed by atoms with Gasteiger partial charge in [0.15, 0.2) is 5.78 Å². The van der Waals surface area contributed by atoms with Crippen LogP contribution < -0.4 is 5.32 Å². The van der Waals surface area contributed by atoms with Crippen LogP contribution in [0.4, 0.5) is 18.9 Å². The van der Waals surface area contributed by atoms with Gasteiger partial charge in [0, 0.05) is 36.4 Å². The number of carbonyl (C=O) groups is 2. The molecule has 0 radical (unpaired) electrons. The number of nitrogens with one attached hydrogen (secondary N) is 1. The van der Waals surface area contributed by atoms with Gasteiger partial charge in [-0.05, 0) is 41.8 Å². The minimum atomic E-state index is -2.71. The van der Waals surface area contributed by atoms with Crippen LogP contribution in [0.5, 0.6) is 0 Å². The zero-order valence-corrected chi connectivity index (χ0v) is 19.3. The second kappa shape index (κ2) is 8.39. The van der Waals surface area contributed by atoms with Crippen LogP contribution in [0.1, 0.15) is 41.1 Å². The van der Waals surface area contributed by atoms with Crippen LogP contribution in [-0.4, -0.2) is 21.9 Å². The van der Waals surface area contributed by atoms with E-state index in [1.165, 1.54) is 36.4 Å². The lowest BCUT2D eigenvalue weighted by molar-refractivity contribution is -0.117. The molecule has 0 spiro atoms. The Morgan fingerprint density at radius 1 is 1.03 bits per heavy atom. The maximum Gasteiger partial charge on any atom is 0.248 e. The molecule has 32 heavy (non-hydrogen) atoms. The molecule has 2 fully saturated rings. The Labute approximate surface area is 202 Å². The van der Waals surface area contributed by atoms with Gasteiger partial charge in [-0.25, -0.2) is 13.2 Å². The van der Waals surface area contributed by atoms with Gasteiger partial charge in [0.2, 0.25) is 11.8 Å². The fourth-order valence-corrected chi connectivity index (χ4v) is 5.35. The van der Waals surface area contributed by atoms with Crippen LogP contribution in [0.15, 0.2) is 36.4 Å². The molecule has 2 aliphatic rings. The van der Waals surface area contributed by atoms with E-state index in [0.717, 1.165) is 0 Å². The molecule has 2 aromatic carbocycles. The van der Waals surface area contributed by atoms with E-state index in [1.807, 2.05) is 0 Å². The standard InChI is InChI=1S/C22H16Cl4F3NO2/c23-14-3-2-12(7-13(14)17(31)5-10-8-21(28,29)9-10)30-20(32)19-18(22(19,25)26)11-1-4-16(27)15(24)6-11/h1-4,6-7,10,18-19H,5,8-9H2,(H,30,32). The number of amides is 1. The van der Waals surface area contributed by atoms with Gasteiger partial charge in [-0.3, -0.25) is 9.59 Å². The zero-order chi connectivity index (χ0) is 23.4. The molecule has 2 saturated carbocycles. The summed E-state index contributed by atoms with van der Waals surface area (Å²) < 4.78 is 38.1. The van der Waals surface area contributed by atoms with E-state index >= 15 is 0 Å². The Morgan fingerprint density at radius 2 is 1.72 bits per heavy atom. The van der Waals surface area contributed by atoms with Crippen molar-refractivity contribution in [2.75, 3.05) is 5.32 Å². The Kier molecular flexibility index (Phi) is 6.21. The van der Waals surface area contributed by atoms with Crippen LogP contribution in [0, 0.1) is 17.7 Å². The molecule has 4 rings (SSSR count). The summed E-state index contributed by atoms with van der Waals surface area (Å²) in [5.41, 5.74) is 0.944. The summed E-state index contributed by atoms with van der Waals surface area (Å²) in [6.07, 6.45) is -0.692. The van der Waals surface area contributed by atoms with Crippen molar-refractivity contribution in [3.63, 3.8) is 0 Å². The highest BCUT2D eigenvalue weighted by Gasteiger charge is 2.67. The van der Waals surface area contributed by atoms with Crippen molar-refractivity contribution in [2.45, 2.75) is 35.4 Å². The van der Waals surface area contributed by atoms with Crippen LogP contribution in [0.2, 0.25) is 10.0 Å². The zero-order valence-electron chi connectivity index (χ0n) is 16.3. The SMILES string of the molecule is O=C(CC1CC(F)(F)C1)c1cc(NC(=O)C2C(c3ccc(F)c(Cl)c3)C2(Cl)Cl)ccc1Cl. The van der Waals surface area contributed by atoms with Gasteiger partial charge in [0.25, 0.3) is 0 Å². The molecule has 1 amide bonds. The molecule has 0 bridgehead atoms. The molecule has 0 heterocycles. The molecule has 0 aliphatic heterocycles. The highest BCUT2D eigenvalue weighted by atomic mass is 35.5. The second-order valence-corrected chi connectivity index (χ2v) is 10.5. The summed E-state index contributed by atoms with van der Waals surface area (Å²) in [5, 5.41) is 2.71. The minimum Gasteiger partial charge on any atom is -0.326 e. The van der Waals surface area contributed by atoms with E-state index in [4.69, 9.17) is 46.4 Å². The molecular formula is C22H16Cl4F3NO2. The minimum absolute atomic E-state index is 0.0464. The van der Waals surface area contributed by atoms with Gasteiger partial charge in [-0.1, -0.05) is 29.3 Å². The number of hydrogen-bond acceptors (Lipinski definition) is 2. The Bertz CT molecular complexity index is 1100. The number of alkyl halides is 4. The Hall–Kier alpha value is -1.47. The third-order valence-corrected chi connectivity index (χ3v) is 7.38. The first kappa shape index (κ1) is 23.7. The van der Waals surface area contributed by atoms with E-state index in [0.29, 0.717) is 5.56 Å². The summed E-state index contributed by atoms with van der Waals surface area (Å²) in [7, 11) is 0. The molecular weight excluding hydrogens is 509 g/mol. The number of anilines is 1. The normalized spacial score (nSPS) is 23.3. The van der Waals surface area contributed by atoms with Gasteiger partial charge < -0.3 is 5.32 Å². The molecule has 170 valence electrons. The lowest BCUT2D eigenvalue weighted by atomic mass is 9.77. The number of rotatable bonds is 6. The van der Waals surface area contributed by atoms with E-state index in [9.17, 15) is 22.8 Å². The second-order valence-electron chi connectivity index (χ2n) is 8.24. The van der Waals surface area contributed by atoms with Crippen molar-refractivity contribution < 1.29 is 22.8 Å². The molecule has 10 heteroatoms. The third-order valence-electron chi connectivity index (χ3n) is 5.82. The number of Topliss-reactive ketones (excluding diaryl/α,β-unsaturated/α-hetero) is 1. The lowest BCUT2D eigenvalue weighted by Gasteiger charge is -2.34. The van der Waals surface area contributed by atoms with Crippen molar-refractivity contribution >= 4 is 63.8 Å². The van der Waals surface area contributed by atoms with E-state index in [1.54, 1.807) is 0 Å². The van der Waals surface area contributed by atoms with E-state index in [2.05, 4.69) is 5.32 Å². The fraction of sp³-hybridized carbons (Fsp3) is 0.364. The number of hydrogen-bond donors (Lipinski definition) is 1. The lowest BCUT2D eigenvalue weighted by Crippen LogP contribution is -2.36. The topological polar surface area (TPSA) is 46.2 Å². The predicted octanol–water partition coefficient (Wildman–Crippen LogP) is 7.28. The molecule has 0 aromatic heterocycles. The van der Waals surface area contributed by atoms with Crippen LogP contribution in [-0.2, 0) is 4.79 Å². The van der Waals surface area contributed by atoms with Gasteiger partial charge >= 0.3 is 0 Å². The summed E-state index contributed by atoms with van der Waals surface area (Å²) in [5.74, 6) is -6.02. The third kappa shape index (κ3) is 4.60. The number of benzene rings is 2. The molecule has 2 aliphatic carbocycles. The number of carbonyl (C=O) groups excluding carboxylic acids is 2. The highest BCUT2D eigenvalue weighted by Crippen LogP contribution is 2.65. The van der Waals surface area contributed by atoms with Gasteiger partial charge in [-0.2, -0.15) is 0 Å². The summed E-state index contributed by atoms with van der Waals surface area (Å²) in [6, 6.07) is 8.35. The van der Waals surface area contributed by atoms with Crippen molar-refractivity contribution in [1.82, 2.24) is 0 Å². The smallest absolute Gasteiger partial charge is 0.248 e. The monoisotopic (exact) mass is 523 g/mol. The summed E-state index contributed by atoms with van der Waals surface area (Å²) in [6.45, 7) is 0. The van der Waals surface area contributed by atoms with Gasteiger partial charge in [0.1, 0.15) is 10.2 Å².